The van der Waals surface area contributed by atoms with E-state index < -0.39 is 0 Å². The van der Waals surface area contributed by atoms with Crippen molar-refractivity contribution in [2.45, 2.75) is 26.7 Å². The third-order valence-electron chi connectivity index (χ3n) is 5.32. The van der Waals surface area contributed by atoms with E-state index in [1.165, 1.54) is 0 Å². The molecule has 0 radical (unpaired) electrons. The van der Waals surface area contributed by atoms with Crippen LogP contribution in [0.2, 0.25) is 0 Å². The second-order valence-electron chi connectivity index (χ2n) is 7.63. The molecule has 1 amide bonds. The molecule has 150 valence electrons. The van der Waals surface area contributed by atoms with Gasteiger partial charge in [0.2, 0.25) is 0 Å². The lowest BCUT2D eigenvalue weighted by Crippen LogP contribution is -2.37. The highest BCUT2D eigenvalue weighted by Crippen LogP contribution is 2.37. The van der Waals surface area contributed by atoms with Crippen LogP contribution in [0.15, 0.2) is 42.5 Å². The summed E-state index contributed by atoms with van der Waals surface area (Å²) in [4.78, 5) is 15.0. The first-order valence-corrected chi connectivity index (χ1v) is 10.0. The molecule has 6 nitrogen and oxygen atoms in total. The van der Waals surface area contributed by atoms with E-state index in [2.05, 4.69) is 34.3 Å². The van der Waals surface area contributed by atoms with Gasteiger partial charge >= 0.3 is 0 Å². The summed E-state index contributed by atoms with van der Waals surface area (Å²) in [7, 11) is 0. The number of nitrogens with one attached hydrogen (secondary N) is 1. The predicted molar refractivity (Wildman–Crippen MR) is 116 cm³/mol. The zero-order valence-corrected chi connectivity index (χ0v) is 17.1. The molecule has 0 bridgehead atoms. The molecule has 0 atom stereocenters. The lowest BCUT2D eigenvalue weighted by Gasteiger charge is -2.29. The second kappa shape index (κ2) is 8.17. The van der Waals surface area contributed by atoms with Crippen molar-refractivity contribution < 1.29 is 9.53 Å². The van der Waals surface area contributed by atoms with Crippen LogP contribution in [0, 0.1) is 6.92 Å². The van der Waals surface area contributed by atoms with E-state index in [1.54, 1.807) is 0 Å². The van der Waals surface area contributed by atoms with Crippen molar-refractivity contribution in [1.29, 1.82) is 0 Å². The number of hydrogen-bond donors (Lipinski definition) is 1. The Morgan fingerprint density at radius 3 is 2.48 bits per heavy atom. The van der Waals surface area contributed by atoms with Crippen LogP contribution in [0.3, 0.4) is 0 Å². The van der Waals surface area contributed by atoms with Gasteiger partial charge in [0.1, 0.15) is 0 Å². The van der Waals surface area contributed by atoms with E-state index >= 15 is 0 Å². The van der Waals surface area contributed by atoms with Gasteiger partial charge in [0.05, 0.1) is 18.9 Å². The Morgan fingerprint density at radius 2 is 1.79 bits per heavy atom. The molecular formula is C23H26N4O2. The van der Waals surface area contributed by atoms with Gasteiger partial charge in [0, 0.05) is 35.1 Å². The van der Waals surface area contributed by atoms with Crippen molar-refractivity contribution in [2.24, 2.45) is 0 Å². The molecule has 1 saturated heterocycles. The molecule has 1 aliphatic rings. The average molecular weight is 390 g/mol. The van der Waals surface area contributed by atoms with Crippen molar-refractivity contribution in [1.82, 2.24) is 10.2 Å². The Bertz CT molecular complexity index is 1030. The molecule has 4 rings (SSSR count). The number of ether oxygens (including phenoxy) is 1. The molecule has 0 spiro atoms. The number of fused-ring (bicyclic) bond motifs is 1. The number of amides is 1. The van der Waals surface area contributed by atoms with Crippen LogP contribution in [-0.2, 0) is 4.74 Å². The Morgan fingerprint density at radius 1 is 1.07 bits per heavy atom. The molecule has 29 heavy (non-hydrogen) atoms. The first-order valence-electron chi connectivity index (χ1n) is 10.0. The molecule has 3 aromatic rings. The summed E-state index contributed by atoms with van der Waals surface area (Å²) in [5.74, 6) is 0.988. The van der Waals surface area contributed by atoms with Gasteiger partial charge < -0.3 is 15.0 Å². The monoisotopic (exact) mass is 390 g/mol. The van der Waals surface area contributed by atoms with E-state index in [4.69, 9.17) is 4.74 Å². The molecule has 2 heterocycles. The molecule has 0 aliphatic carbocycles. The van der Waals surface area contributed by atoms with Crippen LogP contribution in [-0.4, -0.2) is 42.4 Å². The van der Waals surface area contributed by atoms with Gasteiger partial charge in [-0.25, -0.2) is 0 Å². The van der Waals surface area contributed by atoms with E-state index in [-0.39, 0.29) is 11.8 Å². The third-order valence-corrected chi connectivity index (χ3v) is 5.32. The van der Waals surface area contributed by atoms with Crippen LogP contribution < -0.4 is 10.2 Å². The van der Waals surface area contributed by atoms with Crippen LogP contribution >= 0.6 is 0 Å². The van der Waals surface area contributed by atoms with E-state index in [1.807, 2.05) is 49.4 Å². The van der Waals surface area contributed by atoms with Gasteiger partial charge in [0.15, 0.2) is 5.82 Å². The van der Waals surface area contributed by atoms with Gasteiger partial charge in [-0.3, -0.25) is 4.79 Å². The summed E-state index contributed by atoms with van der Waals surface area (Å²) in [6, 6.07) is 13.3. The Kier molecular flexibility index (Phi) is 5.45. The molecule has 0 unspecified atom stereocenters. The Labute approximate surface area is 170 Å². The summed E-state index contributed by atoms with van der Waals surface area (Å²) in [5, 5.41) is 14.2. The topological polar surface area (TPSA) is 67.3 Å². The number of rotatable bonds is 4. The first-order chi connectivity index (χ1) is 14.1. The van der Waals surface area contributed by atoms with Gasteiger partial charge in [0.25, 0.3) is 5.91 Å². The maximum absolute atomic E-state index is 12.8. The van der Waals surface area contributed by atoms with E-state index in [0.717, 1.165) is 46.6 Å². The number of carbonyl (C=O) groups is 1. The number of morpholine rings is 1. The molecule has 1 fully saturated rings. The molecule has 1 aromatic heterocycles. The minimum Gasteiger partial charge on any atom is -0.378 e. The standard InChI is InChI=1S/C23H26N4O2/c1-15(2)20-19(24-23(28)17-7-5-4-6-8-17)10-9-18-21(20)16(3)25-26-22(18)27-11-13-29-14-12-27/h4-10,15H,11-14H2,1-3H3,(H,24,28). The summed E-state index contributed by atoms with van der Waals surface area (Å²) < 4.78 is 5.49. The molecule has 1 aliphatic heterocycles. The Balaban J connectivity index is 1.81. The quantitative estimate of drug-likeness (QED) is 0.725. The normalized spacial score (nSPS) is 14.4. The fourth-order valence-corrected chi connectivity index (χ4v) is 3.92. The SMILES string of the molecule is Cc1nnc(N2CCOCC2)c2ccc(NC(=O)c3ccccc3)c(C(C)C)c12. The Hall–Kier alpha value is -2.99. The van der Waals surface area contributed by atoms with Gasteiger partial charge in [-0.2, -0.15) is 5.10 Å². The van der Waals surface area contributed by atoms with Crippen molar-refractivity contribution in [2.75, 3.05) is 36.5 Å². The van der Waals surface area contributed by atoms with E-state index in [0.29, 0.717) is 18.8 Å². The second-order valence-corrected chi connectivity index (χ2v) is 7.63. The lowest BCUT2D eigenvalue weighted by atomic mass is 9.93. The van der Waals surface area contributed by atoms with Crippen molar-refractivity contribution in [3.63, 3.8) is 0 Å². The molecule has 2 aromatic carbocycles. The summed E-state index contributed by atoms with van der Waals surface area (Å²) in [6.07, 6.45) is 0. The van der Waals surface area contributed by atoms with Crippen LogP contribution in [0.4, 0.5) is 11.5 Å². The zero-order chi connectivity index (χ0) is 20.4. The van der Waals surface area contributed by atoms with Crippen molar-refractivity contribution in [3.8, 4) is 0 Å². The number of benzene rings is 2. The summed E-state index contributed by atoms with van der Waals surface area (Å²) in [5.41, 5.74) is 3.43. The molecule has 0 saturated carbocycles. The number of aromatic nitrogens is 2. The first kappa shape index (κ1) is 19.3. The predicted octanol–water partition coefficient (Wildman–Crippen LogP) is 4.15. The fraction of sp³-hybridized carbons (Fsp3) is 0.348. The minimum atomic E-state index is -0.111. The zero-order valence-electron chi connectivity index (χ0n) is 17.1. The van der Waals surface area contributed by atoms with Crippen LogP contribution in [0.25, 0.3) is 10.8 Å². The minimum absolute atomic E-state index is 0.111. The number of carbonyl (C=O) groups excluding carboxylic acids is 1. The van der Waals surface area contributed by atoms with Gasteiger partial charge in [-0.05, 0) is 42.7 Å². The summed E-state index contributed by atoms with van der Waals surface area (Å²) >= 11 is 0. The maximum atomic E-state index is 12.8. The molecule has 6 heteroatoms. The maximum Gasteiger partial charge on any atom is 0.255 e. The number of nitrogens with zero attached hydrogens (tertiary/aromatic N) is 3. The van der Waals surface area contributed by atoms with Gasteiger partial charge in [-0.15, -0.1) is 5.10 Å². The highest BCUT2D eigenvalue weighted by Gasteiger charge is 2.22. The highest BCUT2D eigenvalue weighted by atomic mass is 16.5. The number of aryl methyl sites for hydroxylation is 1. The van der Waals surface area contributed by atoms with Crippen LogP contribution in [0.1, 0.15) is 41.4 Å². The van der Waals surface area contributed by atoms with Crippen molar-refractivity contribution >= 4 is 28.2 Å². The van der Waals surface area contributed by atoms with Gasteiger partial charge in [-0.1, -0.05) is 32.0 Å². The third kappa shape index (κ3) is 3.80. The smallest absolute Gasteiger partial charge is 0.255 e. The lowest BCUT2D eigenvalue weighted by molar-refractivity contribution is 0.102. The molecule has 1 N–H and O–H groups in total. The number of hydrogen-bond acceptors (Lipinski definition) is 5. The average Bonchev–Trinajstić information content (AvgIpc) is 2.75. The largest absolute Gasteiger partial charge is 0.378 e. The van der Waals surface area contributed by atoms with E-state index in [9.17, 15) is 4.79 Å². The molecular weight excluding hydrogens is 364 g/mol. The number of anilines is 2. The van der Waals surface area contributed by atoms with Crippen molar-refractivity contribution in [3.05, 3.63) is 59.3 Å². The highest BCUT2D eigenvalue weighted by molar-refractivity contribution is 6.07. The fourth-order valence-electron chi connectivity index (χ4n) is 3.92. The summed E-state index contributed by atoms with van der Waals surface area (Å²) in [6.45, 7) is 9.25. The van der Waals surface area contributed by atoms with Crippen LogP contribution in [0.5, 0.6) is 0 Å².